The Kier molecular flexibility index (Phi) is 4.78. The Bertz CT molecular complexity index is 492. The average Bonchev–Trinajstić information content (AvgIpc) is 2.77. The Labute approximate surface area is 126 Å². The van der Waals surface area contributed by atoms with Crippen LogP contribution in [-0.4, -0.2) is 53.9 Å². The summed E-state index contributed by atoms with van der Waals surface area (Å²) in [4.78, 5) is 25.9. The first-order valence-electron chi connectivity index (χ1n) is 7.89. The molecule has 2 rings (SSSR count). The average molecular weight is 289 g/mol. The molecule has 0 saturated heterocycles. The minimum Gasteiger partial charge on any atom is -0.324 e. The van der Waals surface area contributed by atoms with Gasteiger partial charge in [0.05, 0.1) is 37.3 Å². The van der Waals surface area contributed by atoms with E-state index < -0.39 is 0 Å². The third-order valence-corrected chi connectivity index (χ3v) is 4.90. The second-order valence-electron chi connectivity index (χ2n) is 5.68. The van der Waals surface area contributed by atoms with Gasteiger partial charge < -0.3 is 4.48 Å². The van der Waals surface area contributed by atoms with E-state index in [4.69, 9.17) is 0 Å². The van der Waals surface area contributed by atoms with Gasteiger partial charge in [-0.1, -0.05) is 12.1 Å². The molecule has 21 heavy (non-hydrogen) atoms. The minimum atomic E-state index is -0.141. The van der Waals surface area contributed by atoms with Crippen molar-refractivity contribution in [3.05, 3.63) is 35.4 Å². The summed E-state index contributed by atoms with van der Waals surface area (Å²) in [5.74, 6) is -0.281. The molecule has 2 amide bonds. The monoisotopic (exact) mass is 289 g/mol. The fourth-order valence-corrected chi connectivity index (χ4v) is 3.15. The third-order valence-electron chi connectivity index (χ3n) is 4.90. The van der Waals surface area contributed by atoms with Crippen molar-refractivity contribution in [3.63, 3.8) is 0 Å². The predicted octanol–water partition coefficient (Wildman–Crippen LogP) is 2.55. The van der Waals surface area contributed by atoms with Gasteiger partial charge in [0.2, 0.25) is 0 Å². The Morgan fingerprint density at radius 3 is 1.81 bits per heavy atom. The van der Waals surface area contributed by atoms with Crippen molar-refractivity contribution < 1.29 is 14.1 Å². The number of benzene rings is 1. The van der Waals surface area contributed by atoms with Crippen LogP contribution in [-0.2, 0) is 0 Å². The zero-order chi connectivity index (χ0) is 15.5. The molecule has 4 heteroatoms. The van der Waals surface area contributed by atoms with E-state index >= 15 is 0 Å². The third kappa shape index (κ3) is 2.86. The van der Waals surface area contributed by atoms with E-state index in [0.29, 0.717) is 17.7 Å². The second kappa shape index (κ2) is 6.39. The maximum absolute atomic E-state index is 12.3. The molecule has 0 saturated carbocycles. The molecule has 0 atom stereocenters. The summed E-state index contributed by atoms with van der Waals surface area (Å²) < 4.78 is 1.04. The van der Waals surface area contributed by atoms with Gasteiger partial charge in [0.15, 0.2) is 0 Å². The lowest BCUT2D eigenvalue weighted by molar-refractivity contribution is -0.923. The van der Waals surface area contributed by atoms with Crippen molar-refractivity contribution >= 4 is 11.8 Å². The van der Waals surface area contributed by atoms with Crippen LogP contribution in [0.1, 0.15) is 47.9 Å². The second-order valence-corrected chi connectivity index (χ2v) is 5.68. The van der Waals surface area contributed by atoms with Gasteiger partial charge in [-0.25, -0.2) is 0 Å². The zero-order valence-corrected chi connectivity index (χ0v) is 13.3. The molecule has 1 aliphatic rings. The van der Waals surface area contributed by atoms with Gasteiger partial charge >= 0.3 is 0 Å². The van der Waals surface area contributed by atoms with Gasteiger partial charge in [-0.2, -0.15) is 0 Å². The number of quaternary nitrogens is 1. The summed E-state index contributed by atoms with van der Waals surface area (Å²) in [6.45, 7) is 11.4. The number of carbonyl (C=O) groups is 2. The number of rotatable bonds is 7. The quantitative estimate of drug-likeness (QED) is 0.571. The van der Waals surface area contributed by atoms with Crippen LogP contribution in [0.4, 0.5) is 0 Å². The van der Waals surface area contributed by atoms with Crippen LogP contribution in [0.15, 0.2) is 24.3 Å². The molecule has 1 aromatic carbocycles. The first kappa shape index (κ1) is 15.7. The highest BCUT2D eigenvalue weighted by Crippen LogP contribution is 2.22. The molecule has 1 aromatic rings. The van der Waals surface area contributed by atoms with E-state index in [1.54, 1.807) is 24.3 Å². The van der Waals surface area contributed by atoms with Gasteiger partial charge in [-0.05, 0) is 32.9 Å². The molecule has 0 aromatic heterocycles. The van der Waals surface area contributed by atoms with Crippen molar-refractivity contribution in [2.24, 2.45) is 0 Å². The lowest BCUT2D eigenvalue weighted by Crippen LogP contribution is -2.49. The van der Waals surface area contributed by atoms with Crippen LogP contribution < -0.4 is 0 Å². The van der Waals surface area contributed by atoms with Gasteiger partial charge in [0.1, 0.15) is 0 Å². The molecule has 0 N–H and O–H groups in total. The number of fused-ring (bicyclic) bond motifs is 1. The van der Waals surface area contributed by atoms with Crippen molar-refractivity contribution in [1.82, 2.24) is 4.90 Å². The lowest BCUT2D eigenvalue weighted by Gasteiger charge is -2.36. The molecule has 0 bridgehead atoms. The number of amides is 2. The molecule has 0 aliphatic carbocycles. The van der Waals surface area contributed by atoms with Crippen molar-refractivity contribution in [3.8, 4) is 0 Å². The fraction of sp³-hybridized carbons (Fsp3) is 0.529. The van der Waals surface area contributed by atoms with Crippen molar-refractivity contribution in [1.29, 1.82) is 0 Å². The molecule has 0 fully saturated rings. The number of carbonyl (C=O) groups excluding carboxylic acids is 2. The Hall–Kier alpha value is -1.68. The highest BCUT2D eigenvalue weighted by Gasteiger charge is 2.35. The zero-order valence-electron chi connectivity index (χ0n) is 13.3. The normalized spacial score (nSPS) is 14.7. The maximum Gasteiger partial charge on any atom is 0.261 e. The van der Waals surface area contributed by atoms with E-state index in [1.807, 2.05) is 0 Å². The van der Waals surface area contributed by atoms with E-state index in [-0.39, 0.29) is 11.8 Å². The maximum atomic E-state index is 12.3. The van der Waals surface area contributed by atoms with E-state index in [9.17, 15) is 9.59 Å². The van der Waals surface area contributed by atoms with Crippen LogP contribution in [0.25, 0.3) is 0 Å². The Morgan fingerprint density at radius 2 is 1.38 bits per heavy atom. The summed E-state index contributed by atoms with van der Waals surface area (Å²) in [7, 11) is 0. The standard InChI is InChI=1S/C17H25N2O2/c1-4-19(5-2,6-3)13-9-12-18-16(20)14-10-7-8-11-15(14)17(18)21/h7-8,10-11H,4-6,9,12-13H2,1-3H3/q+1. The van der Waals surface area contributed by atoms with Gasteiger partial charge in [-0.15, -0.1) is 0 Å². The smallest absolute Gasteiger partial charge is 0.261 e. The summed E-state index contributed by atoms with van der Waals surface area (Å²) in [6.07, 6.45) is 0.862. The topological polar surface area (TPSA) is 37.4 Å². The molecule has 114 valence electrons. The Morgan fingerprint density at radius 1 is 0.905 bits per heavy atom. The van der Waals surface area contributed by atoms with Crippen LogP contribution in [0.5, 0.6) is 0 Å². The number of nitrogens with zero attached hydrogens (tertiary/aromatic N) is 2. The lowest BCUT2D eigenvalue weighted by atomic mass is 10.1. The SMILES string of the molecule is CC[N+](CC)(CC)CCCN1C(=O)c2ccccc2C1=O. The first-order valence-corrected chi connectivity index (χ1v) is 7.89. The van der Waals surface area contributed by atoms with E-state index in [2.05, 4.69) is 20.8 Å². The van der Waals surface area contributed by atoms with Gasteiger partial charge in [0, 0.05) is 13.0 Å². The summed E-state index contributed by atoms with van der Waals surface area (Å²) >= 11 is 0. The molecular formula is C17H25N2O2+. The largest absolute Gasteiger partial charge is 0.324 e. The van der Waals surface area contributed by atoms with Crippen LogP contribution in [0.2, 0.25) is 0 Å². The number of hydrogen-bond donors (Lipinski definition) is 0. The molecule has 0 radical (unpaired) electrons. The molecular weight excluding hydrogens is 264 g/mol. The summed E-state index contributed by atoms with van der Waals surface area (Å²) in [5.41, 5.74) is 1.09. The minimum absolute atomic E-state index is 0.141. The molecule has 0 unspecified atom stereocenters. The van der Waals surface area contributed by atoms with E-state index in [1.165, 1.54) is 4.90 Å². The summed E-state index contributed by atoms with van der Waals surface area (Å²) in [5, 5.41) is 0. The number of imide groups is 1. The van der Waals surface area contributed by atoms with Crippen LogP contribution in [0.3, 0.4) is 0 Å². The number of hydrogen-bond acceptors (Lipinski definition) is 2. The predicted molar refractivity (Wildman–Crippen MR) is 83.2 cm³/mol. The van der Waals surface area contributed by atoms with Crippen LogP contribution >= 0.6 is 0 Å². The van der Waals surface area contributed by atoms with Crippen molar-refractivity contribution in [2.45, 2.75) is 27.2 Å². The fourth-order valence-electron chi connectivity index (χ4n) is 3.15. The molecule has 1 aliphatic heterocycles. The van der Waals surface area contributed by atoms with Crippen molar-refractivity contribution in [2.75, 3.05) is 32.7 Å². The highest BCUT2D eigenvalue weighted by molar-refractivity contribution is 6.21. The summed E-state index contributed by atoms with van der Waals surface area (Å²) in [6, 6.07) is 7.08. The van der Waals surface area contributed by atoms with Gasteiger partial charge in [-0.3, -0.25) is 14.5 Å². The van der Waals surface area contributed by atoms with Crippen LogP contribution in [0, 0.1) is 0 Å². The highest BCUT2D eigenvalue weighted by atomic mass is 16.2. The molecule has 4 nitrogen and oxygen atoms in total. The van der Waals surface area contributed by atoms with Gasteiger partial charge in [0.25, 0.3) is 11.8 Å². The molecule has 1 heterocycles. The van der Waals surface area contributed by atoms with E-state index in [0.717, 1.165) is 37.1 Å². The molecule has 0 spiro atoms. The first-order chi connectivity index (χ1) is 10.1. The Balaban J connectivity index is 2.00.